The van der Waals surface area contributed by atoms with Gasteiger partial charge < -0.3 is 4.74 Å². The lowest BCUT2D eigenvalue weighted by atomic mass is 9.78. The summed E-state index contributed by atoms with van der Waals surface area (Å²) in [5, 5.41) is 13.8. The summed E-state index contributed by atoms with van der Waals surface area (Å²) in [6, 6.07) is 10.3. The molecule has 0 saturated heterocycles. The van der Waals surface area contributed by atoms with E-state index in [1.54, 1.807) is 6.33 Å². The number of benzene rings is 1. The maximum Gasteiger partial charge on any atom is 0.138 e. The highest BCUT2D eigenvalue weighted by Gasteiger charge is 2.37. The third kappa shape index (κ3) is 2.14. The zero-order valence-electron chi connectivity index (χ0n) is 11.4. The van der Waals surface area contributed by atoms with E-state index in [-0.39, 0.29) is 0 Å². The molecule has 1 aliphatic heterocycles. The Kier molecular flexibility index (Phi) is 3.15. The van der Waals surface area contributed by atoms with Crippen LogP contribution in [-0.2, 0) is 19.4 Å². The molecule has 0 amide bonds. The smallest absolute Gasteiger partial charge is 0.138 e. The van der Waals surface area contributed by atoms with Gasteiger partial charge in [0.2, 0.25) is 0 Å². The second kappa shape index (κ2) is 4.97. The standard InChI is InChI=1S/C15H16N4O/c1-2-19-14(17-11-18-19)8-15(9-16)7-12-5-3-4-6-13(12)20-10-15/h3-6,11H,2,7-8,10H2,1H3. The first-order valence-electron chi connectivity index (χ1n) is 6.75. The molecule has 3 rings (SSSR count). The van der Waals surface area contributed by atoms with Crippen LogP contribution in [0.25, 0.3) is 0 Å². The molecule has 5 nitrogen and oxygen atoms in total. The third-order valence-electron chi connectivity index (χ3n) is 3.73. The summed E-state index contributed by atoms with van der Waals surface area (Å²) in [5.74, 6) is 1.73. The lowest BCUT2D eigenvalue weighted by molar-refractivity contribution is 0.166. The topological polar surface area (TPSA) is 63.7 Å². The Morgan fingerprint density at radius 1 is 1.45 bits per heavy atom. The number of nitriles is 1. The normalized spacial score (nSPS) is 20.8. The number of ether oxygens (including phenoxy) is 1. The predicted molar refractivity (Wildman–Crippen MR) is 73.1 cm³/mol. The first kappa shape index (κ1) is 12.7. The van der Waals surface area contributed by atoms with Gasteiger partial charge in [0.25, 0.3) is 0 Å². The molecule has 1 aromatic heterocycles. The zero-order chi connectivity index (χ0) is 14.0. The first-order chi connectivity index (χ1) is 9.76. The quantitative estimate of drug-likeness (QED) is 0.854. The predicted octanol–water partition coefficient (Wildman–Crippen LogP) is 1.99. The molecule has 0 aliphatic carbocycles. The van der Waals surface area contributed by atoms with E-state index >= 15 is 0 Å². The van der Waals surface area contributed by atoms with E-state index in [4.69, 9.17) is 4.74 Å². The lowest BCUT2D eigenvalue weighted by Gasteiger charge is -2.32. The Bertz CT molecular complexity index is 658. The monoisotopic (exact) mass is 268 g/mol. The summed E-state index contributed by atoms with van der Waals surface area (Å²) in [5.41, 5.74) is 0.525. The van der Waals surface area contributed by atoms with Crippen LogP contribution in [0.4, 0.5) is 0 Å². The molecular weight excluding hydrogens is 252 g/mol. The van der Waals surface area contributed by atoms with E-state index in [2.05, 4.69) is 16.2 Å². The number of aromatic nitrogens is 3. The molecule has 20 heavy (non-hydrogen) atoms. The van der Waals surface area contributed by atoms with Gasteiger partial charge in [-0.3, -0.25) is 4.68 Å². The van der Waals surface area contributed by atoms with Crippen molar-refractivity contribution in [3.63, 3.8) is 0 Å². The molecule has 1 unspecified atom stereocenters. The van der Waals surface area contributed by atoms with Gasteiger partial charge in [0.1, 0.15) is 29.9 Å². The van der Waals surface area contributed by atoms with Gasteiger partial charge in [0, 0.05) is 13.0 Å². The van der Waals surface area contributed by atoms with Crippen molar-refractivity contribution in [2.45, 2.75) is 26.3 Å². The van der Waals surface area contributed by atoms with Crippen molar-refractivity contribution >= 4 is 0 Å². The first-order valence-corrected chi connectivity index (χ1v) is 6.75. The summed E-state index contributed by atoms with van der Waals surface area (Å²) in [6.07, 6.45) is 2.80. The molecule has 0 spiro atoms. The fourth-order valence-corrected chi connectivity index (χ4v) is 2.64. The lowest BCUT2D eigenvalue weighted by Crippen LogP contribution is -2.36. The maximum absolute atomic E-state index is 9.64. The summed E-state index contributed by atoms with van der Waals surface area (Å²) in [4.78, 5) is 4.28. The number of rotatable bonds is 3. The van der Waals surface area contributed by atoms with Gasteiger partial charge in [0.15, 0.2) is 0 Å². The highest BCUT2D eigenvalue weighted by molar-refractivity contribution is 5.37. The molecule has 2 aromatic rings. The van der Waals surface area contributed by atoms with Crippen LogP contribution in [0.2, 0.25) is 0 Å². The van der Waals surface area contributed by atoms with Crippen molar-refractivity contribution in [1.29, 1.82) is 5.26 Å². The van der Waals surface area contributed by atoms with Gasteiger partial charge in [-0.1, -0.05) is 18.2 Å². The Labute approximate surface area is 117 Å². The highest BCUT2D eigenvalue weighted by atomic mass is 16.5. The largest absolute Gasteiger partial charge is 0.492 e. The Morgan fingerprint density at radius 2 is 2.30 bits per heavy atom. The van der Waals surface area contributed by atoms with Crippen molar-refractivity contribution in [2.75, 3.05) is 6.61 Å². The molecule has 2 heterocycles. The van der Waals surface area contributed by atoms with Crippen LogP contribution in [-0.4, -0.2) is 21.4 Å². The van der Waals surface area contributed by atoms with Gasteiger partial charge in [-0.25, -0.2) is 4.98 Å². The van der Waals surface area contributed by atoms with E-state index in [0.717, 1.165) is 23.7 Å². The number of fused-ring (bicyclic) bond motifs is 1. The molecule has 1 aromatic carbocycles. The average Bonchev–Trinajstić information content (AvgIpc) is 2.94. The van der Waals surface area contributed by atoms with Crippen LogP contribution in [0.1, 0.15) is 18.3 Å². The number of para-hydroxylation sites is 1. The van der Waals surface area contributed by atoms with E-state index in [1.165, 1.54) is 0 Å². The molecule has 0 bridgehead atoms. The van der Waals surface area contributed by atoms with E-state index in [1.807, 2.05) is 35.9 Å². The van der Waals surface area contributed by atoms with Crippen LogP contribution in [0.15, 0.2) is 30.6 Å². The van der Waals surface area contributed by atoms with Crippen LogP contribution in [0.5, 0.6) is 5.75 Å². The van der Waals surface area contributed by atoms with E-state index in [0.29, 0.717) is 19.4 Å². The molecule has 0 saturated carbocycles. The summed E-state index contributed by atoms with van der Waals surface area (Å²) in [6.45, 7) is 3.18. The Morgan fingerprint density at radius 3 is 3.10 bits per heavy atom. The van der Waals surface area contributed by atoms with Gasteiger partial charge in [-0.2, -0.15) is 10.4 Å². The molecule has 1 atom stereocenters. The second-order valence-corrected chi connectivity index (χ2v) is 5.13. The SMILES string of the molecule is CCn1ncnc1CC1(C#N)COc2ccccc2C1. The highest BCUT2D eigenvalue weighted by Crippen LogP contribution is 2.36. The minimum Gasteiger partial charge on any atom is -0.492 e. The van der Waals surface area contributed by atoms with Crippen LogP contribution >= 0.6 is 0 Å². The summed E-state index contributed by atoms with van der Waals surface area (Å²) >= 11 is 0. The van der Waals surface area contributed by atoms with Crippen LogP contribution in [0.3, 0.4) is 0 Å². The van der Waals surface area contributed by atoms with Crippen molar-refractivity contribution in [3.05, 3.63) is 42.0 Å². The van der Waals surface area contributed by atoms with Crippen molar-refractivity contribution in [3.8, 4) is 11.8 Å². The van der Waals surface area contributed by atoms with Crippen LogP contribution < -0.4 is 4.74 Å². The number of hydrogen-bond acceptors (Lipinski definition) is 4. The molecule has 5 heteroatoms. The molecule has 0 radical (unpaired) electrons. The maximum atomic E-state index is 9.64. The Balaban J connectivity index is 1.89. The second-order valence-electron chi connectivity index (χ2n) is 5.13. The van der Waals surface area contributed by atoms with Gasteiger partial charge >= 0.3 is 0 Å². The molecule has 0 N–H and O–H groups in total. The van der Waals surface area contributed by atoms with Crippen molar-refractivity contribution < 1.29 is 4.74 Å². The summed E-state index contributed by atoms with van der Waals surface area (Å²) < 4.78 is 7.61. The molecule has 0 fully saturated rings. The minimum absolute atomic E-state index is 0.400. The number of nitrogens with zero attached hydrogens (tertiary/aromatic N) is 4. The van der Waals surface area contributed by atoms with Gasteiger partial charge in [0.05, 0.1) is 6.07 Å². The zero-order valence-corrected chi connectivity index (χ0v) is 11.4. The third-order valence-corrected chi connectivity index (χ3v) is 3.73. The molecular formula is C15H16N4O. The van der Waals surface area contributed by atoms with E-state index in [9.17, 15) is 5.26 Å². The van der Waals surface area contributed by atoms with Gasteiger partial charge in [-0.15, -0.1) is 0 Å². The number of aryl methyl sites for hydroxylation is 1. The fraction of sp³-hybridized carbons (Fsp3) is 0.400. The fourth-order valence-electron chi connectivity index (χ4n) is 2.64. The van der Waals surface area contributed by atoms with E-state index < -0.39 is 5.41 Å². The minimum atomic E-state index is -0.561. The average molecular weight is 268 g/mol. The molecule has 1 aliphatic rings. The summed E-state index contributed by atoms with van der Waals surface area (Å²) in [7, 11) is 0. The number of hydrogen-bond donors (Lipinski definition) is 0. The van der Waals surface area contributed by atoms with Crippen molar-refractivity contribution in [1.82, 2.24) is 14.8 Å². The Hall–Kier alpha value is -2.35. The molecule has 102 valence electrons. The van der Waals surface area contributed by atoms with Gasteiger partial charge in [-0.05, 0) is 25.0 Å². The van der Waals surface area contributed by atoms with Crippen LogP contribution in [0, 0.1) is 16.7 Å². The van der Waals surface area contributed by atoms with Crippen molar-refractivity contribution in [2.24, 2.45) is 5.41 Å².